The van der Waals surface area contributed by atoms with E-state index in [9.17, 15) is 18.0 Å². The molecule has 1 N–H and O–H groups in total. The summed E-state index contributed by atoms with van der Waals surface area (Å²) in [5, 5.41) is 3.10. The molecule has 0 spiro atoms. The molecule has 0 heterocycles. The van der Waals surface area contributed by atoms with Gasteiger partial charge in [-0.15, -0.1) is 0 Å². The first kappa shape index (κ1) is 27.5. The van der Waals surface area contributed by atoms with E-state index in [0.717, 1.165) is 47.4 Å². The first-order valence-electron chi connectivity index (χ1n) is 12.4. The Morgan fingerprint density at radius 3 is 2.33 bits per heavy atom. The summed E-state index contributed by atoms with van der Waals surface area (Å²) in [6.45, 7) is 3.31. The molecule has 1 saturated carbocycles. The summed E-state index contributed by atoms with van der Waals surface area (Å²) in [5.41, 5.74) is 2.10. The Hall–Kier alpha value is -3.07. The molecule has 0 bridgehead atoms. The minimum Gasteiger partial charge on any atom is -0.497 e. The molecule has 1 unspecified atom stereocenters. The maximum absolute atomic E-state index is 13.6. The van der Waals surface area contributed by atoms with Crippen LogP contribution in [-0.2, 0) is 26.2 Å². The number of nitrogens with zero attached hydrogens (tertiary/aromatic N) is 2. The van der Waals surface area contributed by atoms with E-state index in [4.69, 9.17) is 4.74 Å². The molecule has 0 aliphatic heterocycles. The van der Waals surface area contributed by atoms with E-state index in [-0.39, 0.29) is 18.5 Å². The molecule has 2 aromatic rings. The third kappa shape index (κ3) is 7.46. The molecule has 3 rings (SSSR count). The number of aryl methyl sites for hydroxylation is 1. The molecule has 8 nitrogen and oxygen atoms in total. The predicted octanol–water partition coefficient (Wildman–Crippen LogP) is 3.64. The van der Waals surface area contributed by atoms with Gasteiger partial charge in [0.15, 0.2) is 0 Å². The highest BCUT2D eigenvalue weighted by atomic mass is 32.2. The Balaban J connectivity index is 1.86. The van der Waals surface area contributed by atoms with Crippen LogP contribution in [0.5, 0.6) is 5.75 Å². The van der Waals surface area contributed by atoms with Crippen molar-refractivity contribution in [2.75, 3.05) is 24.2 Å². The van der Waals surface area contributed by atoms with Crippen molar-refractivity contribution in [2.45, 2.75) is 64.6 Å². The third-order valence-electron chi connectivity index (χ3n) is 6.60. The fourth-order valence-electron chi connectivity index (χ4n) is 4.48. The molecule has 1 fully saturated rings. The number of carbonyl (C=O) groups is 2. The van der Waals surface area contributed by atoms with E-state index in [2.05, 4.69) is 5.32 Å². The molecule has 0 saturated heterocycles. The molecule has 0 aromatic heterocycles. The van der Waals surface area contributed by atoms with Crippen molar-refractivity contribution in [1.29, 1.82) is 0 Å². The Labute approximate surface area is 214 Å². The Morgan fingerprint density at radius 2 is 1.75 bits per heavy atom. The molecule has 2 amide bonds. The van der Waals surface area contributed by atoms with Gasteiger partial charge < -0.3 is 15.0 Å². The zero-order valence-corrected chi connectivity index (χ0v) is 22.4. The van der Waals surface area contributed by atoms with Gasteiger partial charge >= 0.3 is 0 Å². The highest BCUT2D eigenvalue weighted by molar-refractivity contribution is 7.92. The highest BCUT2D eigenvalue weighted by Crippen LogP contribution is 2.22. The number of amides is 2. The zero-order valence-electron chi connectivity index (χ0n) is 21.6. The number of hydrogen-bond donors (Lipinski definition) is 1. The van der Waals surface area contributed by atoms with Gasteiger partial charge in [0.05, 0.1) is 19.1 Å². The smallest absolute Gasteiger partial charge is 0.244 e. The van der Waals surface area contributed by atoms with Gasteiger partial charge in [-0.2, -0.15) is 0 Å². The lowest BCUT2D eigenvalue weighted by Crippen LogP contribution is -2.52. The maximum Gasteiger partial charge on any atom is 0.244 e. The fraction of sp³-hybridized carbons (Fsp3) is 0.481. The van der Waals surface area contributed by atoms with Crippen molar-refractivity contribution < 1.29 is 22.7 Å². The minimum absolute atomic E-state index is 0.103. The van der Waals surface area contributed by atoms with E-state index in [1.54, 1.807) is 44.4 Å². The molecule has 196 valence electrons. The number of rotatable bonds is 10. The molecule has 1 aliphatic rings. The molecular formula is C27H37N3O5S. The van der Waals surface area contributed by atoms with Gasteiger partial charge in [0.25, 0.3) is 0 Å². The Kier molecular flexibility index (Phi) is 9.37. The van der Waals surface area contributed by atoms with Crippen LogP contribution >= 0.6 is 0 Å². The minimum atomic E-state index is -3.75. The number of anilines is 1. The lowest BCUT2D eigenvalue weighted by atomic mass is 9.95. The number of carbonyl (C=O) groups excluding carboxylic acids is 2. The van der Waals surface area contributed by atoms with E-state index < -0.39 is 28.5 Å². The predicted molar refractivity (Wildman–Crippen MR) is 141 cm³/mol. The molecule has 9 heteroatoms. The first-order chi connectivity index (χ1) is 17.1. The second kappa shape index (κ2) is 12.3. The van der Waals surface area contributed by atoms with Crippen molar-refractivity contribution >= 4 is 27.5 Å². The summed E-state index contributed by atoms with van der Waals surface area (Å²) in [6, 6.07) is 13.6. The summed E-state index contributed by atoms with van der Waals surface area (Å²) < 4.78 is 31.6. The maximum atomic E-state index is 13.6. The number of ether oxygens (including phenoxy) is 1. The standard InChI is InChI=1S/C27H37N3O5S/c1-20-9-8-12-24(17-20)30(36(4,33)34)19-26(31)29(18-22-13-15-25(35-3)16-14-22)21(2)27(32)28-23-10-6-5-7-11-23/h8-9,12-17,21,23H,5-7,10-11,18-19H2,1-4H3,(H,28,32). The molecular weight excluding hydrogens is 478 g/mol. The summed E-state index contributed by atoms with van der Waals surface area (Å²) in [7, 11) is -2.17. The van der Waals surface area contributed by atoms with Crippen LogP contribution in [0.1, 0.15) is 50.2 Å². The van der Waals surface area contributed by atoms with Crippen molar-refractivity contribution in [3.05, 3.63) is 59.7 Å². The van der Waals surface area contributed by atoms with Crippen molar-refractivity contribution in [3.8, 4) is 5.75 Å². The third-order valence-corrected chi connectivity index (χ3v) is 7.74. The average molecular weight is 516 g/mol. The topological polar surface area (TPSA) is 96.0 Å². The number of benzene rings is 2. The lowest BCUT2D eigenvalue weighted by molar-refractivity contribution is -0.139. The second-order valence-electron chi connectivity index (χ2n) is 9.50. The number of sulfonamides is 1. The number of nitrogens with one attached hydrogen (secondary N) is 1. The van der Waals surface area contributed by atoms with Crippen LogP contribution in [0.15, 0.2) is 48.5 Å². The van der Waals surface area contributed by atoms with Crippen LogP contribution < -0.4 is 14.4 Å². The van der Waals surface area contributed by atoms with Crippen LogP contribution in [0.4, 0.5) is 5.69 Å². The zero-order chi connectivity index (χ0) is 26.3. The van der Waals surface area contributed by atoms with E-state index >= 15 is 0 Å². The van der Waals surface area contributed by atoms with Crippen LogP contribution in [0.2, 0.25) is 0 Å². The SMILES string of the molecule is COc1ccc(CN(C(=O)CN(c2cccc(C)c2)S(C)(=O)=O)C(C)C(=O)NC2CCCCC2)cc1. The summed E-state index contributed by atoms with van der Waals surface area (Å²) >= 11 is 0. The summed E-state index contributed by atoms with van der Waals surface area (Å²) in [4.78, 5) is 28.3. The number of hydrogen-bond acceptors (Lipinski definition) is 5. The van der Waals surface area contributed by atoms with Crippen LogP contribution in [0.25, 0.3) is 0 Å². The van der Waals surface area contributed by atoms with E-state index in [1.165, 1.54) is 11.3 Å². The van der Waals surface area contributed by atoms with Crippen LogP contribution in [0.3, 0.4) is 0 Å². The van der Waals surface area contributed by atoms with Crippen molar-refractivity contribution in [1.82, 2.24) is 10.2 Å². The van der Waals surface area contributed by atoms with Gasteiger partial charge in [-0.05, 0) is 62.1 Å². The van der Waals surface area contributed by atoms with E-state index in [0.29, 0.717) is 11.4 Å². The normalized spacial score (nSPS) is 15.1. The van der Waals surface area contributed by atoms with Gasteiger partial charge in [0, 0.05) is 12.6 Å². The van der Waals surface area contributed by atoms with Gasteiger partial charge in [0.1, 0.15) is 18.3 Å². The molecule has 1 atom stereocenters. The van der Waals surface area contributed by atoms with Crippen molar-refractivity contribution in [2.24, 2.45) is 0 Å². The van der Waals surface area contributed by atoms with Gasteiger partial charge in [-0.25, -0.2) is 8.42 Å². The average Bonchev–Trinajstić information content (AvgIpc) is 2.85. The van der Waals surface area contributed by atoms with Gasteiger partial charge in [-0.1, -0.05) is 43.5 Å². The molecule has 1 aliphatic carbocycles. The number of methoxy groups -OCH3 is 1. The first-order valence-corrected chi connectivity index (χ1v) is 14.2. The van der Waals surface area contributed by atoms with Crippen LogP contribution in [0, 0.1) is 6.92 Å². The molecule has 2 aromatic carbocycles. The Bertz CT molecular complexity index is 1140. The largest absolute Gasteiger partial charge is 0.497 e. The molecule has 0 radical (unpaired) electrons. The fourth-order valence-corrected chi connectivity index (χ4v) is 5.32. The monoisotopic (exact) mass is 515 g/mol. The highest BCUT2D eigenvalue weighted by Gasteiger charge is 2.31. The van der Waals surface area contributed by atoms with Crippen molar-refractivity contribution in [3.63, 3.8) is 0 Å². The summed E-state index contributed by atoms with van der Waals surface area (Å²) in [5.74, 6) is -0.00307. The second-order valence-corrected chi connectivity index (χ2v) is 11.4. The Morgan fingerprint density at radius 1 is 1.08 bits per heavy atom. The lowest BCUT2D eigenvalue weighted by Gasteiger charge is -2.33. The van der Waals surface area contributed by atoms with Gasteiger partial charge in [0.2, 0.25) is 21.8 Å². The van der Waals surface area contributed by atoms with Gasteiger partial charge in [-0.3, -0.25) is 13.9 Å². The summed E-state index contributed by atoms with van der Waals surface area (Å²) in [6.07, 6.45) is 6.27. The van der Waals surface area contributed by atoms with Crippen LogP contribution in [-0.4, -0.2) is 57.1 Å². The molecule has 36 heavy (non-hydrogen) atoms. The van der Waals surface area contributed by atoms with E-state index in [1.807, 2.05) is 25.1 Å². The quantitative estimate of drug-likeness (QED) is 0.521.